The molecule has 0 fully saturated rings. The summed E-state index contributed by atoms with van der Waals surface area (Å²) < 4.78 is 0. The number of benzene rings is 3. The quantitative estimate of drug-likeness (QED) is 0.685. The molecule has 1 amide bonds. The lowest BCUT2D eigenvalue weighted by Gasteiger charge is -2.26. The Morgan fingerprint density at radius 2 is 1.39 bits per heavy atom. The summed E-state index contributed by atoms with van der Waals surface area (Å²) in [5.41, 5.74) is 4.34. The predicted octanol–water partition coefficient (Wildman–Crippen LogP) is 4.43. The third kappa shape index (κ3) is 2.42. The molecule has 0 bridgehead atoms. The Balaban J connectivity index is 1.79. The van der Waals surface area contributed by atoms with Crippen LogP contribution in [0.15, 0.2) is 84.9 Å². The van der Waals surface area contributed by atoms with Crippen molar-refractivity contribution in [3.8, 4) is 0 Å². The van der Waals surface area contributed by atoms with E-state index in [-0.39, 0.29) is 11.9 Å². The lowest BCUT2D eigenvalue weighted by molar-refractivity contribution is 0.0718. The van der Waals surface area contributed by atoms with E-state index in [0.717, 1.165) is 11.1 Å². The molecule has 0 aromatic heterocycles. The van der Waals surface area contributed by atoms with Crippen LogP contribution >= 0.6 is 0 Å². The van der Waals surface area contributed by atoms with Gasteiger partial charge in [-0.05, 0) is 28.8 Å². The van der Waals surface area contributed by atoms with Gasteiger partial charge in [-0.25, -0.2) is 0 Å². The van der Waals surface area contributed by atoms with Gasteiger partial charge < -0.3 is 4.90 Å². The second kappa shape index (κ2) is 5.73. The second-order valence-electron chi connectivity index (χ2n) is 5.81. The van der Waals surface area contributed by atoms with E-state index in [1.165, 1.54) is 11.1 Å². The van der Waals surface area contributed by atoms with Crippen molar-refractivity contribution in [2.75, 3.05) is 0 Å². The van der Waals surface area contributed by atoms with Crippen molar-refractivity contribution in [1.29, 1.82) is 0 Å². The number of carbonyl (C=O) groups excluding carboxylic acids is 1. The fraction of sp³-hybridized carbons (Fsp3) is 0.0952. The summed E-state index contributed by atoms with van der Waals surface area (Å²) in [6.07, 6.45) is 0. The number of nitrogens with zero attached hydrogens (tertiary/aromatic N) is 1. The zero-order valence-corrected chi connectivity index (χ0v) is 12.7. The summed E-state index contributed by atoms with van der Waals surface area (Å²) in [7, 11) is 0. The fourth-order valence-corrected chi connectivity index (χ4v) is 3.32. The molecule has 0 N–H and O–H groups in total. The number of carbonyl (C=O) groups is 1. The molecule has 1 unspecified atom stereocenters. The van der Waals surface area contributed by atoms with E-state index < -0.39 is 0 Å². The maximum Gasteiger partial charge on any atom is 0.254 e. The van der Waals surface area contributed by atoms with E-state index in [0.29, 0.717) is 6.54 Å². The minimum absolute atomic E-state index is 0.0138. The van der Waals surface area contributed by atoms with Crippen molar-refractivity contribution < 1.29 is 4.79 Å². The normalized spacial score (nSPS) is 16.2. The van der Waals surface area contributed by atoms with Crippen LogP contribution in [0.2, 0.25) is 0 Å². The molecule has 0 saturated carbocycles. The molecular weight excluding hydrogens is 282 g/mol. The molecule has 1 aliphatic heterocycles. The highest BCUT2D eigenvalue weighted by atomic mass is 16.2. The van der Waals surface area contributed by atoms with Crippen molar-refractivity contribution >= 4 is 5.91 Å². The topological polar surface area (TPSA) is 20.3 Å². The van der Waals surface area contributed by atoms with E-state index in [1.807, 2.05) is 65.6 Å². The first-order valence-electron chi connectivity index (χ1n) is 7.83. The van der Waals surface area contributed by atoms with Crippen LogP contribution in [0.5, 0.6) is 0 Å². The van der Waals surface area contributed by atoms with E-state index in [2.05, 4.69) is 24.3 Å². The Morgan fingerprint density at radius 3 is 2.13 bits per heavy atom. The van der Waals surface area contributed by atoms with Crippen LogP contribution in [0.25, 0.3) is 0 Å². The average Bonchev–Trinajstić information content (AvgIpc) is 3.02. The molecule has 112 valence electrons. The molecule has 0 aliphatic carbocycles. The predicted molar refractivity (Wildman–Crippen MR) is 91.0 cm³/mol. The zero-order valence-electron chi connectivity index (χ0n) is 12.7. The zero-order chi connectivity index (χ0) is 15.6. The van der Waals surface area contributed by atoms with Crippen LogP contribution in [0, 0.1) is 0 Å². The minimum atomic E-state index is -0.0138. The van der Waals surface area contributed by atoms with Gasteiger partial charge in [0, 0.05) is 12.1 Å². The first-order valence-corrected chi connectivity index (χ1v) is 7.83. The Hall–Kier alpha value is -2.87. The maximum absolute atomic E-state index is 13.0. The molecule has 3 aromatic rings. The van der Waals surface area contributed by atoms with Gasteiger partial charge in [-0.15, -0.1) is 0 Å². The largest absolute Gasteiger partial charge is 0.323 e. The first-order chi connectivity index (χ1) is 11.3. The summed E-state index contributed by atoms with van der Waals surface area (Å²) in [6, 6.07) is 28.1. The second-order valence-corrected chi connectivity index (χ2v) is 5.81. The highest BCUT2D eigenvalue weighted by molar-refractivity contribution is 5.95. The van der Waals surface area contributed by atoms with Crippen molar-refractivity contribution in [3.63, 3.8) is 0 Å². The van der Waals surface area contributed by atoms with Crippen LogP contribution in [0.4, 0.5) is 0 Å². The molecule has 2 heteroatoms. The van der Waals surface area contributed by atoms with Gasteiger partial charge in [0.25, 0.3) is 5.91 Å². The van der Waals surface area contributed by atoms with E-state index in [9.17, 15) is 4.79 Å². The molecular formula is C21H17NO. The fourth-order valence-electron chi connectivity index (χ4n) is 3.32. The molecule has 1 heterocycles. The van der Waals surface area contributed by atoms with E-state index >= 15 is 0 Å². The summed E-state index contributed by atoms with van der Waals surface area (Å²) in [6.45, 7) is 0.656. The minimum Gasteiger partial charge on any atom is -0.323 e. The highest BCUT2D eigenvalue weighted by Gasteiger charge is 2.34. The number of fused-ring (bicyclic) bond motifs is 1. The van der Waals surface area contributed by atoms with Gasteiger partial charge in [-0.3, -0.25) is 4.79 Å². The average molecular weight is 299 g/mol. The Kier molecular flexibility index (Phi) is 3.43. The van der Waals surface area contributed by atoms with E-state index in [1.54, 1.807) is 0 Å². The number of hydrogen-bond acceptors (Lipinski definition) is 1. The molecule has 1 atom stereocenters. The molecule has 3 aromatic carbocycles. The summed E-state index contributed by atoms with van der Waals surface area (Å²) >= 11 is 0. The van der Waals surface area contributed by atoms with Crippen molar-refractivity contribution in [1.82, 2.24) is 4.90 Å². The Labute approximate surface area is 136 Å². The van der Waals surface area contributed by atoms with Gasteiger partial charge in [-0.1, -0.05) is 72.8 Å². The van der Waals surface area contributed by atoms with Crippen LogP contribution < -0.4 is 0 Å². The summed E-state index contributed by atoms with van der Waals surface area (Å²) in [5, 5.41) is 0. The molecule has 0 spiro atoms. The van der Waals surface area contributed by atoms with Gasteiger partial charge in [0.2, 0.25) is 0 Å². The van der Waals surface area contributed by atoms with Crippen molar-refractivity contribution in [2.45, 2.75) is 12.6 Å². The summed E-state index contributed by atoms with van der Waals surface area (Å²) in [5.74, 6) is 0.0793. The molecule has 2 nitrogen and oxygen atoms in total. The van der Waals surface area contributed by atoms with Gasteiger partial charge in [0.1, 0.15) is 0 Å². The molecule has 23 heavy (non-hydrogen) atoms. The summed E-state index contributed by atoms with van der Waals surface area (Å²) in [4.78, 5) is 15.0. The van der Waals surface area contributed by atoms with Gasteiger partial charge in [-0.2, -0.15) is 0 Å². The lowest BCUT2D eigenvalue weighted by atomic mass is 9.98. The van der Waals surface area contributed by atoms with Crippen LogP contribution in [-0.4, -0.2) is 10.8 Å². The van der Waals surface area contributed by atoms with Gasteiger partial charge in [0.05, 0.1) is 6.04 Å². The Morgan fingerprint density at radius 1 is 0.783 bits per heavy atom. The van der Waals surface area contributed by atoms with Crippen molar-refractivity contribution in [2.24, 2.45) is 0 Å². The molecule has 4 rings (SSSR count). The highest BCUT2D eigenvalue weighted by Crippen LogP contribution is 2.39. The Bertz CT molecular complexity index is 827. The van der Waals surface area contributed by atoms with Crippen molar-refractivity contribution in [3.05, 3.63) is 107 Å². The standard InChI is InChI=1S/C21H17NO/c23-21(17-11-5-2-6-12-17)22-15-18-13-7-8-14-19(18)20(22)16-9-3-1-4-10-16/h1-14,20H,15H2. The van der Waals surface area contributed by atoms with Gasteiger partial charge >= 0.3 is 0 Å². The molecule has 0 radical (unpaired) electrons. The third-order valence-electron chi connectivity index (χ3n) is 4.40. The third-order valence-corrected chi connectivity index (χ3v) is 4.40. The number of amides is 1. The number of hydrogen-bond donors (Lipinski definition) is 0. The lowest BCUT2D eigenvalue weighted by Crippen LogP contribution is -2.30. The van der Waals surface area contributed by atoms with Crippen LogP contribution in [0.3, 0.4) is 0 Å². The van der Waals surface area contributed by atoms with Crippen LogP contribution in [0.1, 0.15) is 33.1 Å². The molecule has 0 saturated heterocycles. The smallest absolute Gasteiger partial charge is 0.254 e. The van der Waals surface area contributed by atoms with Crippen LogP contribution in [-0.2, 0) is 6.54 Å². The maximum atomic E-state index is 13.0. The number of rotatable bonds is 2. The SMILES string of the molecule is O=C(c1ccccc1)N1Cc2ccccc2C1c1ccccc1. The van der Waals surface area contributed by atoms with E-state index in [4.69, 9.17) is 0 Å². The molecule has 1 aliphatic rings. The monoisotopic (exact) mass is 299 g/mol. The van der Waals surface area contributed by atoms with Gasteiger partial charge in [0.15, 0.2) is 0 Å². The first kappa shape index (κ1) is 13.8.